The van der Waals surface area contributed by atoms with E-state index in [1.165, 1.54) is 19.3 Å². The van der Waals surface area contributed by atoms with Gasteiger partial charge in [0.15, 0.2) is 17.3 Å². The molecule has 0 unspecified atom stereocenters. The van der Waals surface area contributed by atoms with Crippen LogP contribution >= 0.6 is 0 Å². The van der Waals surface area contributed by atoms with Crippen molar-refractivity contribution < 1.29 is 14.3 Å². The first-order valence-electron chi connectivity index (χ1n) is 8.83. The number of unbranched alkanes of at least 4 members (excludes halogenated alkanes) is 3. The molecule has 2 rings (SSSR count). The standard InChI is InChI=1S/C22H26O3/c1-3-4-5-9-16-25-21-15-13-18(17-22(21)24-2)12-14-20(23)19-10-7-6-8-11-19/h6-8,10-15,17H,3-5,9,16H2,1-2H3/b14-12+. The van der Waals surface area contributed by atoms with Crippen molar-refractivity contribution >= 4 is 11.9 Å². The van der Waals surface area contributed by atoms with Gasteiger partial charge >= 0.3 is 0 Å². The molecule has 0 aromatic heterocycles. The SMILES string of the molecule is CCCCCCOc1ccc(/C=C/C(=O)c2ccccc2)cc1OC. The van der Waals surface area contributed by atoms with Crippen LogP contribution in [0.5, 0.6) is 11.5 Å². The number of benzene rings is 2. The first-order chi connectivity index (χ1) is 12.2. The summed E-state index contributed by atoms with van der Waals surface area (Å²) < 4.78 is 11.2. The van der Waals surface area contributed by atoms with Crippen LogP contribution in [-0.4, -0.2) is 19.5 Å². The van der Waals surface area contributed by atoms with Crippen LogP contribution < -0.4 is 9.47 Å². The van der Waals surface area contributed by atoms with Crippen LogP contribution in [0.3, 0.4) is 0 Å². The first-order valence-corrected chi connectivity index (χ1v) is 8.83. The average molecular weight is 338 g/mol. The number of ketones is 1. The Bertz CT molecular complexity index is 690. The van der Waals surface area contributed by atoms with E-state index in [1.807, 2.05) is 48.5 Å². The van der Waals surface area contributed by atoms with Crippen molar-refractivity contribution in [2.75, 3.05) is 13.7 Å². The molecular weight excluding hydrogens is 312 g/mol. The second kappa shape index (κ2) is 10.3. The van der Waals surface area contributed by atoms with Gasteiger partial charge in [0.1, 0.15) is 0 Å². The van der Waals surface area contributed by atoms with E-state index in [1.54, 1.807) is 19.3 Å². The van der Waals surface area contributed by atoms with Crippen LogP contribution in [0.25, 0.3) is 6.08 Å². The Balaban J connectivity index is 1.98. The molecule has 132 valence electrons. The summed E-state index contributed by atoms with van der Waals surface area (Å²) in [7, 11) is 1.63. The number of carbonyl (C=O) groups excluding carboxylic acids is 1. The van der Waals surface area contributed by atoms with Crippen molar-refractivity contribution in [3.63, 3.8) is 0 Å². The van der Waals surface area contributed by atoms with E-state index in [0.29, 0.717) is 17.9 Å². The van der Waals surface area contributed by atoms with Crippen molar-refractivity contribution in [3.05, 3.63) is 65.7 Å². The average Bonchev–Trinajstić information content (AvgIpc) is 2.67. The van der Waals surface area contributed by atoms with E-state index in [-0.39, 0.29) is 5.78 Å². The zero-order valence-corrected chi connectivity index (χ0v) is 15.0. The fourth-order valence-electron chi connectivity index (χ4n) is 2.49. The predicted molar refractivity (Wildman–Crippen MR) is 102 cm³/mol. The number of allylic oxidation sites excluding steroid dienone is 1. The van der Waals surface area contributed by atoms with Gasteiger partial charge in [-0.3, -0.25) is 4.79 Å². The summed E-state index contributed by atoms with van der Waals surface area (Å²) >= 11 is 0. The highest BCUT2D eigenvalue weighted by Gasteiger charge is 2.05. The normalized spacial score (nSPS) is 10.8. The van der Waals surface area contributed by atoms with E-state index in [0.717, 1.165) is 17.7 Å². The van der Waals surface area contributed by atoms with Gasteiger partial charge in [0, 0.05) is 5.56 Å². The molecule has 3 heteroatoms. The molecule has 0 saturated carbocycles. The summed E-state index contributed by atoms with van der Waals surface area (Å²) in [6.07, 6.45) is 8.05. The molecule has 0 amide bonds. The summed E-state index contributed by atoms with van der Waals surface area (Å²) in [5, 5.41) is 0. The molecule has 0 spiro atoms. The number of rotatable bonds is 10. The molecule has 0 saturated heterocycles. The van der Waals surface area contributed by atoms with E-state index in [4.69, 9.17) is 9.47 Å². The van der Waals surface area contributed by atoms with E-state index in [2.05, 4.69) is 6.92 Å². The number of ether oxygens (including phenoxy) is 2. The molecule has 0 aliphatic heterocycles. The fourth-order valence-corrected chi connectivity index (χ4v) is 2.49. The quantitative estimate of drug-likeness (QED) is 0.324. The van der Waals surface area contributed by atoms with Crippen LogP contribution in [0.15, 0.2) is 54.6 Å². The number of hydrogen-bond donors (Lipinski definition) is 0. The van der Waals surface area contributed by atoms with Gasteiger partial charge in [0.25, 0.3) is 0 Å². The summed E-state index contributed by atoms with van der Waals surface area (Å²) in [4.78, 5) is 12.1. The number of methoxy groups -OCH3 is 1. The van der Waals surface area contributed by atoms with Crippen LogP contribution in [0.2, 0.25) is 0 Å². The summed E-state index contributed by atoms with van der Waals surface area (Å²) in [5.74, 6) is 1.41. The molecule has 2 aromatic rings. The minimum absolute atomic E-state index is 0.0178. The Morgan fingerprint density at radius 2 is 1.80 bits per heavy atom. The number of hydrogen-bond acceptors (Lipinski definition) is 3. The van der Waals surface area contributed by atoms with E-state index < -0.39 is 0 Å². The van der Waals surface area contributed by atoms with Gasteiger partial charge in [-0.05, 0) is 30.2 Å². The Morgan fingerprint density at radius 3 is 2.52 bits per heavy atom. The zero-order chi connectivity index (χ0) is 17.9. The lowest BCUT2D eigenvalue weighted by molar-refractivity contribution is 0.104. The second-order valence-corrected chi connectivity index (χ2v) is 5.88. The first kappa shape index (κ1) is 18.8. The van der Waals surface area contributed by atoms with Gasteiger partial charge in [0.2, 0.25) is 0 Å². The van der Waals surface area contributed by atoms with E-state index >= 15 is 0 Å². The summed E-state index contributed by atoms with van der Waals surface area (Å²) in [5.41, 5.74) is 1.58. The zero-order valence-electron chi connectivity index (χ0n) is 15.0. The molecule has 0 bridgehead atoms. The maximum atomic E-state index is 12.1. The fraction of sp³-hybridized carbons (Fsp3) is 0.318. The Kier molecular flexibility index (Phi) is 7.77. The van der Waals surface area contributed by atoms with Crippen molar-refractivity contribution in [3.8, 4) is 11.5 Å². The topological polar surface area (TPSA) is 35.5 Å². The lowest BCUT2D eigenvalue weighted by Crippen LogP contribution is -1.99. The van der Waals surface area contributed by atoms with Crippen molar-refractivity contribution in [1.82, 2.24) is 0 Å². The third kappa shape index (κ3) is 6.11. The molecule has 0 aliphatic rings. The molecule has 0 aliphatic carbocycles. The molecule has 0 atom stereocenters. The van der Waals surface area contributed by atoms with Crippen molar-refractivity contribution in [2.24, 2.45) is 0 Å². The molecule has 0 fully saturated rings. The highest BCUT2D eigenvalue weighted by molar-refractivity contribution is 6.06. The largest absolute Gasteiger partial charge is 0.493 e. The second-order valence-electron chi connectivity index (χ2n) is 5.88. The maximum absolute atomic E-state index is 12.1. The minimum Gasteiger partial charge on any atom is -0.493 e. The molecule has 0 heterocycles. The van der Waals surface area contributed by atoms with Gasteiger partial charge in [-0.2, -0.15) is 0 Å². The smallest absolute Gasteiger partial charge is 0.185 e. The van der Waals surface area contributed by atoms with Gasteiger partial charge in [0.05, 0.1) is 13.7 Å². The third-order valence-corrected chi connectivity index (χ3v) is 3.93. The lowest BCUT2D eigenvalue weighted by atomic mass is 10.1. The van der Waals surface area contributed by atoms with Crippen LogP contribution in [0.1, 0.15) is 48.5 Å². The molecule has 2 aromatic carbocycles. The third-order valence-electron chi connectivity index (χ3n) is 3.93. The lowest BCUT2D eigenvalue weighted by Gasteiger charge is -2.11. The van der Waals surface area contributed by atoms with Crippen molar-refractivity contribution in [2.45, 2.75) is 32.6 Å². The van der Waals surface area contributed by atoms with E-state index in [9.17, 15) is 4.79 Å². The summed E-state index contributed by atoms with van der Waals surface area (Å²) in [6, 6.07) is 14.9. The molecule has 0 N–H and O–H groups in total. The molecule has 0 radical (unpaired) electrons. The number of carbonyl (C=O) groups is 1. The van der Waals surface area contributed by atoms with Crippen LogP contribution in [0, 0.1) is 0 Å². The monoisotopic (exact) mass is 338 g/mol. The Hall–Kier alpha value is -2.55. The van der Waals surface area contributed by atoms with Gasteiger partial charge in [-0.25, -0.2) is 0 Å². The highest BCUT2D eigenvalue weighted by Crippen LogP contribution is 2.28. The Morgan fingerprint density at radius 1 is 1.00 bits per heavy atom. The predicted octanol–water partition coefficient (Wildman–Crippen LogP) is 5.55. The van der Waals surface area contributed by atoms with Crippen molar-refractivity contribution in [1.29, 1.82) is 0 Å². The van der Waals surface area contributed by atoms with Crippen LogP contribution in [-0.2, 0) is 0 Å². The molecule has 3 nitrogen and oxygen atoms in total. The van der Waals surface area contributed by atoms with Gasteiger partial charge < -0.3 is 9.47 Å². The minimum atomic E-state index is -0.0178. The Labute approximate surface area is 150 Å². The maximum Gasteiger partial charge on any atom is 0.185 e. The molecular formula is C22H26O3. The van der Waals surface area contributed by atoms with Gasteiger partial charge in [-0.1, -0.05) is 68.7 Å². The summed E-state index contributed by atoms with van der Waals surface area (Å²) in [6.45, 7) is 2.89. The van der Waals surface area contributed by atoms with Crippen LogP contribution in [0.4, 0.5) is 0 Å². The molecule has 25 heavy (non-hydrogen) atoms. The highest BCUT2D eigenvalue weighted by atomic mass is 16.5. The van der Waals surface area contributed by atoms with Gasteiger partial charge in [-0.15, -0.1) is 0 Å².